The van der Waals surface area contributed by atoms with Crippen molar-refractivity contribution in [3.8, 4) is 11.5 Å². The van der Waals surface area contributed by atoms with Crippen molar-refractivity contribution in [2.24, 2.45) is 0 Å². The largest absolute Gasteiger partial charge is 0.493 e. The first-order valence-electron chi connectivity index (χ1n) is 14.7. The molecule has 1 aliphatic carbocycles. The molecule has 1 heterocycles. The van der Waals surface area contributed by atoms with Crippen molar-refractivity contribution in [3.05, 3.63) is 94.7 Å². The predicted octanol–water partition coefficient (Wildman–Crippen LogP) is 6.51. The van der Waals surface area contributed by atoms with Gasteiger partial charge in [0.15, 0.2) is 11.5 Å². The lowest BCUT2D eigenvalue weighted by Crippen LogP contribution is -2.44. The fraction of sp³-hybridized carbons (Fsp3) is 0.400. The second-order valence-electron chi connectivity index (χ2n) is 11.6. The molecule has 3 aromatic carbocycles. The van der Waals surface area contributed by atoms with Gasteiger partial charge in [-0.2, -0.15) is 0 Å². The molecule has 1 aromatic heterocycles. The van der Waals surface area contributed by atoms with E-state index in [1.165, 1.54) is 33.3 Å². The van der Waals surface area contributed by atoms with Gasteiger partial charge < -0.3 is 19.8 Å². The van der Waals surface area contributed by atoms with Crippen molar-refractivity contribution in [3.63, 3.8) is 0 Å². The van der Waals surface area contributed by atoms with E-state index in [0.717, 1.165) is 37.7 Å². The van der Waals surface area contributed by atoms with Crippen LogP contribution in [0.1, 0.15) is 59.5 Å². The molecule has 0 bridgehead atoms. The summed E-state index contributed by atoms with van der Waals surface area (Å²) < 4.78 is 10.7. The molecule has 2 N–H and O–H groups in total. The molecule has 0 saturated heterocycles. The zero-order valence-corrected chi connectivity index (χ0v) is 25.0. The number of nitrogens with one attached hydrogen (secondary N) is 2. The Morgan fingerprint density at radius 2 is 1.73 bits per heavy atom. The van der Waals surface area contributed by atoms with Gasteiger partial charge in [-0.15, -0.1) is 0 Å². The number of benzene rings is 3. The standard InChI is InChI=1S/C35H43N3O3/c1-24-9-8-10-27(21-24)35(38(2)3)18-15-26(16-19-35)34-29(28-11-6-7-12-30(28)37-34)17-20-36-33(39)23-25-13-14-31(40-4)32(22-25)41-5/h6-14,21-22,26,37H,15-20,23H2,1-5H3,(H,36,39). The molecule has 6 nitrogen and oxygen atoms in total. The van der Waals surface area contributed by atoms with E-state index in [9.17, 15) is 4.79 Å². The summed E-state index contributed by atoms with van der Waals surface area (Å²) in [6.45, 7) is 2.78. The highest BCUT2D eigenvalue weighted by atomic mass is 16.5. The van der Waals surface area contributed by atoms with Gasteiger partial charge in [-0.05, 0) is 93.9 Å². The number of rotatable bonds is 10. The summed E-state index contributed by atoms with van der Waals surface area (Å²) >= 11 is 0. The van der Waals surface area contributed by atoms with Crippen LogP contribution in [0.25, 0.3) is 10.9 Å². The van der Waals surface area contributed by atoms with Crippen LogP contribution in [0.4, 0.5) is 0 Å². The number of methoxy groups -OCH3 is 2. The minimum absolute atomic E-state index is 0.00481. The molecule has 1 aliphatic rings. The molecular formula is C35H43N3O3. The van der Waals surface area contributed by atoms with E-state index in [2.05, 4.69) is 84.8 Å². The zero-order chi connectivity index (χ0) is 29.0. The van der Waals surface area contributed by atoms with Gasteiger partial charge in [-0.1, -0.05) is 54.1 Å². The Labute approximate surface area is 244 Å². The highest BCUT2D eigenvalue weighted by Crippen LogP contribution is 2.47. The molecule has 0 spiro atoms. The van der Waals surface area contributed by atoms with Gasteiger partial charge >= 0.3 is 0 Å². The lowest BCUT2D eigenvalue weighted by Gasteiger charge is -2.46. The summed E-state index contributed by atoms with van der Waals surface area (Å²) in [5, 5.41) is 4.42. The van der Waals surface area contributed by atoms with Gasteiger partial charge in [-0.25, -0.2) is 0 Å². The number of carbonyl (C=O) groups is 1. The number of nitrogens with zero attached hydrogens (tertiary/aromatic N) is 1. The van der Waals surface area contributed by atoms with Crippen LogP contribution in [0.5, 0.6) is 11.5 Å². The smallest absolute Gasteiger partial charge is 0.224 e. The molecule has 0 radical (unpaired) electrons. The van der Waals surface area contributed by atoms with Crippen molar-refractivity contribution in [1.29, 1.82) is 0 Å². The molecule has 216 valence electrons. The Morgan fingerprint density at radius 3 is 2.44 bits per heavy atom. The number of hydrogen-bond acceptors (Lipinski definition) is 4. The number of aryl methyl sites for hydroxylation is 1. The lowest BCUT2D eigenvalue weighted by atomic mass is 9.70. The van der Waals surface area contributed by atoms with Crippen LogP contribution < -0.4 is 14.8 Å². The van der Waals surface area contributed by atoms with E-state index in [4.69, 9.17) is 9.47 Å². The monoisotopic (exact) mass is 553 g/mol. The van der Waals surface area contributed by atoms with Crippen LogP contribution in [-0.4, -0.2) is 50.7 Å². The van der Waals surface area contributed by atoms with Crippen LogP contribution in [-0.2, 0) is 23.2 Å². The van der Waals surface area contributed by atoms with Crippen LogP contribution >= 0.6 is 0 Å². The average molecular weight is 554 g/mol. The quantitative estimate of drug-likeness (QED) is 0.235. The molecule has 1 amide bonds. The number of aromatic nitrogens is 1. The maximum Gasteiger partial charge on any atom is 0.224 e. The highest BCUT2D eigenvalue weighted by Gasteiger charge is 2.40. The molecule has 0 atom stereocenters. The van der Waals surface area contributed by atoms with Crippen LogP contribution in [0.3, 0.4) is 0 Å². The van der Waals surface area contributed by atoms with Crippen molar-refractivity contribution in [1.82, 2.24) is 15.2 Å². The molecule has 4 aromatic rings. The summed E-state index contributed by atoms with van der Waals surface area (Å²) in [6.07, 6.45) is 5.57. The first kappa shape index (κ1) is 28.7. The summed E-state index contributed by atoms with van der Waals surface area (Å²) in [5.74, 6) is 1.77. The Bertz CT molecular complexity index is 1500. The van der Waals surface area contributed by atoms with E-state index < -0.39 is 0 Å². The average Bonchev–Trinajstić information content (AvgIpc) is 3.35. The molecule has 5 rings (SSSR count). The Morgan fingerprint density at radius 1 is 0.976 bits per heavy atom. The predicted molar refractivity (Wildman–Crippen MR) is 166 cm³/mol. The fourth-order valence-electron chi connectivity index (χ4n) is 6.72. The third-order valence-corrected chi connectivity index (χ3v) is 8.99. The molecular weight excluding hydrogens is 510 g/mol. The molecule has 1 fully saturated rings. The Balaban J connectivity index is 1.29. The number of amides is 1. The lowest BCUT2D eigenvalue weighted by molar-refractivity contribution is -0.120. The minimum Gasteiger partial charge on any atom is -0.493 e. The van der Waals surface area contributed by atoms with Crippen molar-refractivity contribution < 1.29 is 14.3 Å². The van der Waals surface area contributed by atoms with E-state index in [-0.39, 0.29) is 11.4 Å². The van der Waals surface area contributed by atoms with Crippen molar-refractivity contribution in [2.75, 3.05) is 34.9 Å². The van der Waals surface area contributed by atoms with E-state index in [0.29, 0.717) is 30.4 Å². The molecule has 0 aliphatic heterocycles. The van der Waals surface area contributed by atoms with Gasteiger partial charge in [0.05, 0.1) is 20.6 Å². The van der Waals surface area contributed by atoms with Gasteiger partial charge in [0.25, 0.3) is 0 Å². The number of hydrogen-bond donors (Lipinski definition) is 2. The normalized spacial score (nSPS) is 18.9. The number of H-pyrrole nitrogens is 1. The van der Waals surface area contributed by atoms with Crippen LogP contribution in [0.15, 0.2) is 66.7 Å². The second kappa shape index (κ2) is 12.4. The number of carbonyl (C=O) groups excluding carboxylic acids is 1. The third-order valence-electron chi connectivity index (χ3n) is 8.99. The Hall–Kier alpha value is -3.77. The topological polar surface area (TPSA) is 66.6 Å². The minimum atomic E-state index is 0.00481. The first-order chi connectivity index (χ1) is 19.8. The van der Waals surface area contributed by atoms with Crippen molar-refractivity contribution >= 4 is 16.8 Å². The Kier molecular flexibility index (Phi) is 8.69. The number of para-hydroxylation sites is 1. The summed E-state index contributed by atoms with van der Waals surface area (Å²) in [6, 6.07) is 23.2. The maximum absolute atomic E-state index is 12.8. The number of ether oxygens (including phenoxy) is 2. The maximum atomic E-state index is 12.8. The number of fused-ring (bicyclic) bond motifs is 1. The SMILES string of the molecule is COc1ccc(CC(=O)NCCc2c(C3CCC(c4cccc(C)c4)(N(C)C)CC3)[nH]c3ccccc23)cc1OC. The second-order valence-corrected chi connectivity index (χ2v) is 11.6. The van der Waals surface area contributed by atoms with E-state index >= 15 is 0 Å². The summed E-state index contributed by atoms with van der Waals surface area (Å²) in [4.78, 5) is 19.1. The third kappa shape index (κ3) is 5.98. The van der Waals surface area contributed by atoms with E-state index in [1.54, 1.807) is 14.2 Å². The van der Waals surface area contributed by atoms with Crippen LogP contribution in [0, 0.1) is 6.92 Å². The van der Waals surface area contributed by atoms with Gasteiger partial charge in [0.1, 0.15) is 0 Å². The molecule has 6 heteroatoms. The fourth-order valence-corrected chi connectivity index (χ4v) is 6.72. The summed E-state index contributed by atoms with van der Waals surface area (Å²) in [5.41, 5.74) is 7.56. The first-order valence-corrected chi connectivity index (χ1v) is 14.7. The van der Waals surface area contributed by atoms with Gasteiger partial charge in [-0.3, -0.25) is 9.69 Å². The molecule has 1 saturated carbocycles. The highest BCUT2D eigenvalue weighted by molar-refractivity contribution is 5.85. The zero-order valence-electron chi connectivity index (χ0n) is 25.0. The van der Waals surface area contributed by atoms with Crippen molar-refractivity contribution in [2.45, 2.75) is 56.9 Å². The van der Waals surface area contributed by atoms with Crippen LogP contribution in [0.2, 0.25) is 0 Å². The molecule has 41 heavy (non-hydrogen) atoms. The van der Waals surface area contributed by atoms with E-state index in [1.807, 2.05) is 18.2 Å². The number of aromatic amines is 1. The van der Waals surface area contributed by atoms with Gasteiger partial charge in [0, 0.05) is 28.7 Å². The molecule has 0 unspecified atom stereocenters. The van der Waals surface area contributed by atoms with Gasteiger partial charge in [0.2, 0.25) is 5.91 Å². The summed E-state index contributed by atoms with van der Waals surface area (Å²) in [7, 11) is 7.67.